The fourth-order valence-corrected chi connectivity index (χ4v) is 9.29. The second-order valence-corrected chi connectivity index (χ2v) is 17.4. The Kier molecular flexibility index (Phi) is 17.7. The zero-order valence-corrected chi connectivity index (χ0v) is 36.6. The summed E-state index contributed by atoms with van der Waals surface area (Å²) in [5.41, 5.74) is 7.92. The Balaban J connectivity index is 1.24. The first-order chi connectivity index (χ1) is 29.7. The van der Waals surface area contributed by atoms with Gasteiger partial charge >= 0.3 is 0 Å². The van der Waals surface area contributed by atoms with Crippen LogP contribution in [0.1, 0.15) is 81.8 Å². The quantitative estimate of drug-likeness (QED) is 0.0469. The Labute approximate surface area is 366 Å². The van der Waals surface area contributed by atoms with E-state index in [4.69, 9.17) is 22.7 Å². The largest absolute Gasteiger partial charge is 0.390 e. The lowest BCUT2D eigenvalue weighted by Crippen LogP contribution is -2.55. The standard InChI is InChI=1S/C49H66N6O5S/c1-51-49(61)52-26-10-9-23-43(48(59)54-44(29-34-13-3-2-4-14-34)45(56)32-46(57)55-27-28-60-40(33-55)24-25-50)53-47(58)39(30-37-19-11-17-35-15-5-7-21-41(35)37)31-38-20-12-18-36-16-6-8-22-42(36)38/h5-8,11-12,15-22,34,39-40,43-45,56H,2-4,9-10,13-14,23-33,50H2,1H3,(H,53,58)(H,54,59)(H2,51,52,61)/t40?,43?,44?,45-/m0/s1. The molecule has 1 saturated carbocycles. The SMILES string of the molecule is CNC(=S)NCCCCC(NC(=O)C(Cc1cccc2ccccc12)Cc1cccc2ccccc12)C(=O)NC(CC1CCCCC1)[C@@H](O)CC(=O)N1CCOC(CCN)C1. The minimum absolute atomic E-state index is 0.112. The number of aliphatic hydroxyl groups excluding tert-OH is 1. The van der Waals surface area contributed by atoms with E-state index in [1.165, 1.54) is 6.42 Å². The third-order valence-electron chi connectivity index (χ3n) is 12.6. The summed E-state index contributed by atoms with van der Waals surface area (Å²) >= 11 is 5.27. The maximum atomic E-state index is 14.8. The molecule has 0 radical (unpaired) electrons. The second kappa shape index (κ2) is 23.6. The maximum absolute atomic E-state index is 14.8. The van der Waals surface area contributed by atoms with Gasteiger partial charge in [-0.25, -0.2) is 0 Å². The van der Waals surface area contributed by atoms with Crippen LogP contribution in [0.3, 0.4) is 0 Å². The number of rotatable bonds is 20. The molecule has 0 aromatic heterocycles. The topological polar surface area (TPSA) is 158 Å². The summed E-state index contributed by atoms with van der Waals surface area (Å²) in [6.45, 7) is 2.39. The number of carbonyl (C=O) groups is 3. The Morgan fingerprint density at radius 3 is 2.13 bits per heavy atom. The van der Waals surface area contributed by atoms with Crippen molar-refractivity contribution in [3.8, 4) is 0 Å². The van der Waals surface area contributed by atoms with Gasteiger partial charge in [-0.05, 0) is 102 Å². The van der Waals surface area contributed by atoms with Crippen LogP contribution in [-0.4, -0.2) is 97.0 Å². The van der Waals surface area contributed by atoms with Crippen molar-refractivity contribution in [1.82, 2.24) is 26.2 Å². The monoisotopic (exact) mass is 850 g/mol. The van der Waals surface area contributed by atoms with Crippen LogP contribution in [0.15, 0.2) is 84.9 Å². The number of ether oxygens (including phenoxy) is 1. The highest BCUT2D eigenvalue weighted by Crippen LogP contribution is 2.30. The normalized spacial score (nSPS) is 17.4. The van der Waals surface area contributed by atoms with E-state index in [9.17, 15) is 19.5 Å². The summed E-state index contributed by atoms with van der Waals surface area (Å²) in [6.07, 6.45) is 8.03. The number of hydrogen-bond donors (Lipinski definition) is 6. The number of benzene rings is 4. The summed E-state index contributed by atoms with van der Waals surface area (Å²) in [5.74, 6) is -0.874. The first-order valence-electron chi connectivity index (χ1n) is 22.5. The summed E-state index contributed by atoms with van der Waals surface area (Å²) in [4.78, 5) is 44.8. The zero-order chi connectivity index (χ0) is 43.0. The van der Waals surface area contributed by atoms with Gasteiger partial charge in [0, 0.05) is 32.6 Å². The van der Waals surface area contributed by atoms with E-state index in [1.807, 2.05) is 36.4 Å². The van der Waals surface area contributed by atoms with Gasteiger partial charge in [-0.3, -0.25) is 14.4 Å². The van der Waals surface area contributed by atoms with Crippen LogP contribution in [0.25, 0.3) is 21.5 Å². The molecule has 12 heteroatoms. The smallest absolute Gasteiger partial charge is 0.242 e. The van der Waals surface area contributed by atoms with Crippen molar-refractivity contribution < 1.29 is 24.2 Å². The van der Waals surface area contributed by atoms with Crippen molar-refractivity contribution in [2.45, 2.75) is 108 Å². The van der Waals surface area contributed by atoms with E-state index in [1.54, 1.807) is 11.9 Å². The summed E-state index contributed by atoms with van der Waals surface area (Å²) in [6, 6.07) is 27.4. The van der Waals surface area contributed by atoms with Gasteiger partial charge in [-0.2, -0.15) is 0 Å². The Bertz CT molecular complexity index is 1960. The predicted octanol–water partition coefficient (Wildman–Crippen LogP) is 5.93. The average molecular weight is 851 g/mol. The van der Waals surface area contributed by atoms with Gasteiger partial charge in [-0.1, -0.05) is 117 Å². The summed E-state index contributed by atoms with van der Waals surface area (Å²) in [7, 11) is 1.77. The summed E-state index contributed by atoms with van der Waals surface area (Å²) in [5, 5.41) is 29.3. The molecule has 4 aromatic rings. The molecule has 2 fully saturated rings. The number of fused-ring (bicyclic) bond motifs is 2. The number of carbonyl (C=O) groups excluding carboxylic acids is 3. The molecule has 0 bridgehead atoms. The molecule has 61 heavy (non-hydrogen) atoms. The number of morpholine rings is 1. The molecule has 328 valence electrons. The highest BCUT2D eigenvalue weighted by molar-refractivity contribution is 7.80. The molecule has 1 aliphatic carbocycles. The number of nitrogens with one attached hydrogen (secondary N) is 4. The van der Waals surface area contributed by atoms with Crippen molar-refractivity contribution in [2.75, 3.05) is 39.8 Å². The number of nitrogens with zero attached hydrogens (tertiary/aromatic N) is 1. The number of hydrogen-bond acceptors (Lipinski definition) is 7. The molecule has 3 amide bonds. The number of thiocarbonyl (C=S) groups is 1. The number of nitrogens with two attached hydrogens (primary N) is 1. The van der Waals surface area contributed by atoms with Crippen LogP contribution in [0.4, 0.5) is 0 Å². The molecule has 1 heterocycles. The van der Waals surface area contributed by atoms with Crippen LogP contribution in [0.2, 0.25) is 0 Å². The van der Waals surface area contributed by atoms with Crippen molar-refractivity contribution in [1.29, 1.82) is 0 Å². The fourth-order valence-electron chi connectivity index (χ4n) is 9.19. The predicted molar refractivity (Wildman–Crippen MR) is 248 cm³/mol. The van der Waals surface area contributed by atoms with Crippen LogP contribution < -0.4 is 27.0 Å². The zero-order valence-electron chi connectivity index (χ0n) is 35.8. The summed E-state index contributed by atoms with van der Waals surface area (Å²) < 4.78 is 5.81. The van der Waals surface area contributed by atoms with Crippen LogP contribution in [0.5, 0.6) is 0 Å². The van der Waals surface area contributed by atoms with Crippen LogP contribution >= 0.6 is 12.2 Å². The molecule has 3 unspecified atom stereocenters. The van der Waals surface area contributed by atoms with Gasteiger partial charge in [0.05, 0.1) is 31.3 Å². The van der Waals surface area contributed by atoms with E-state index in [2.05, 4.69) is 69.8 Å². The molecular formula is C49H66N6O5S. The number of aliphatic hydroxyl groups is 1. The fraction of sp³-hybridized carbons (Fsp3) is 0.510. The number of unbranched alkanes of at least 4 members (excludes halogenated alkanes) is 1. The minimum Gasteiger partial charge on any atom is -0.390 e. The lowest BCUT2D eigenvalue weighted by atomic mass is 9.83. The lowest BCUT2D eigenvalue weighted by Gasteiger charge is -2.35. The molecule has 11 nitrogen and oxygen atoms in total. The van der Waals surface area contributed by atoms with Crippen molar-refractivity contribution >= 4 is 56.6 Å². The maximum Gasteiger partial charge on any atom is 0.242 e. The van der Waals surface area contributed by atoms with Gasteiger partial charge < -0.3 is 41.7 Å². The lowest BCUT2D eigenvalue weighted by molar-refractivity contribution is -0.142. The van der Waals surface area contributed by atoms with E-state index in [0.29, 0.717) is 82.3 Å². The molecule has 0 spiro atoms. The van der Waals surface area contributed by atoms with Crippen molar-refractivity contribution in [3.63, 3.8) is 0 Å². The van der Waals surface area contributed by atoms with E-state index in [-0.39, 0.29) is 30.2 Å². The van der Waals surface area contributed by atoms with E-state index < -0.39 is 24.1 Å². The van der Waals surface area contributed by atoms with Crippen molar-refractivity contribution in [3.05, 3.63) is 96.1 Å². The molecule has 2 aliphatic rings. The van der Waals surface area contributed by atoms with Gasteiger partial charge in [-0.15, -0.1) is 0 Å². The highest BCUT2D eigenvalue weighted by atomic mass is 32.1. The van der Waals surface area contributed by atoms with Crippen molar-refractivity contribution in [2.24, 2.45) is 17.6 Å². The highest BCUT2D eigenvalue weighted by Gasteiger charge is 2.34. The van der Waals surface area contributed by atoms with Gasteiger partial charge in [0.25, 0.3) is 0 Å². The van der Waals surface area contributed by atoms with Gasteiger partial charge in [0.1, 0.15) is 6.04 Å². The average Bonchev–Trinajstić information content (AvgIpc) is 3.28. The van der Waals surface area contributed by atoms with Gasteiger partial charge in [0.2, 0.25) is 17.7 Å². The molecule has 7 N–H and O–H groups in total. The Hall–Kier alpha value is -4.62. The minimum atomic E-state index is -1.09. The van der Waals surface area contributed by atoms with E-state index >= 15 is 0 Å². The molecular weight excluding hydrogens is 785 g/mol. The Morgan fingerprint density at radius 1 is 0.852 bits per heavy atom. The first kappa shape index (κ1) is 45.9. The second-order valence-electron chi connectivity index (χ2n) is 17.0. The van der Waals surface area contributed by atoms with E-state index in [0.717, 1.165) is 64.8 Å². The molecule has 6 rings (SSSR count). The third-order valence-corrected chi connectivity index (χ3v) is 12.9. The molecule has 1 saturated heterocycles. The van der Waals surface area contributed by atoms with Crippen LogP contribution in [-0.2, 0) is 32.0 Å². The molecule has 4 aromatic carbocycles. The third kappa shape index (κ3) is 13.4. The number of amides is 3. The molecule has 4 atom stereocenters. The van der Waals surface area contributed by atoms with Crippen LogP contribution in [0, 0.1) is 11.8 Å². The first-order valence-corrected chi connectivity index (χ1v) is 22.9. The molecule has 1 aliphatic heterocycles. The van der Waals surface area contributed by atoms with Gasteiger partial charge in [0.15, 0.2) is 5.11 Å². The Morgan fingerprint density at radius 2 is 1.49 bits per heavy atom.